The number of nitrogens with one attached hydrogen (secondary N) is 1. The molecule has 1 atom stereocenters. The number of carbonyl (C=O) groups excluding carboxylic acids is 1. The number of hydrogen-bond acceptors (Lipinski definition) is 7. The van der Waals surface area contributed by atoms with Crippen molar-refractivity contribution in [2.45, 2.75) is 64.3 Å². The topological polar surface area (TPSA) is 93.4 Å². The summed E-state index contributed by atoms with van der Waals surface area (Å²) < 4.78 is 5.58. The van der Waals surface area contributed by atoms with E-state index in [0.29, 0.717) is 35.3 Å². The summed E-state index contributed by atoms with van der Waals surface area (Å²) in [6.07, 6.45) is 8.16. The van der Waals surface area contributed by atoms with Crippen LogP contribution in [0.25, 0.3) is 5.70 Å². The standard InChI is InChI=1S/C22H34ClN5O2/c1-16-14-25-10-8-11-28(16)20-13-19(23)26-22(27-20)21(24)17-9-6-4-2-3-5-7-12-30-15-18(17)29/h13,16,25H,2-12,14-15,24H2,1H3/t16-/m0/s1. The van der Waals surface area contributed by atoms with E-state index in [-0.39, 0.29) is 18.4 Å². The first kappa shape index (κ1) is 23.0. The van der Waals surface area contributed by atoms with Gasteiger partial charge in [-0.15, -0.1) is 0 Å². The quantitative estimate of drug-likeness (QED) is 0.543. The second-order valence-corrected chi connectivity index (χ2v) is 8.60. The summed E-state index contributed by atoms with van der Waals surface area (Å²) in [5.41, 5.74) is 7.35. The van der Waals surface area contributed by atoms with Crippen LogP contribution in [0.1, 0.15) is 64.1 Å². The number of hydrogen-bond donors (Lipinski definition) is 2. The lowest BCUT2D eigenvalue weighted by Gasteiger charge is -2.28. The molecule has 30 heavy (non-hydrogen) atoms. The number of Topliss-reactive ketones (excluding diaryl/α,β-unsaturated/α-hetero) is 1. The number of halogens is 1. The number of anilines is 1. The molecule has 2 saturated heterocycles. The molecule has 2 fully saturated rings. The monoisotopic (exact) mass is 435 g/mol. The van der Waals surface area contributed by atoms with Crippen LogP contribution in [-0.4, -0.2) is 54.6 Å². The summed E-state index contributed by atoms with van der Waals surface area (Å²) in [6, 6.07) is 2.05. The molecule has 166 valence electrons. The molecule has 0 spiro atoms. The Hall–Kier alpha value is -1.70. The van der Waals surface area contributed by atoms with E-state index in [1.807, 2.05) is 0 Å². The molecule has 1 aromatic heterocycles. The van der Waals surface area contributed by atoms with Crippen LogP contribution in [0.3, 0.4) is 0 Å². The van der Waals surface area contributed by atoms with Crippen LogP contribution in [-0.2, 0) is 9.53 Å². The Bertz CT molecular complexity index is 755. The van der Waals surface area contributed by atoms with Gasteiger partial charge < -0.3 is 20.7 Å². The SMILES string of the molecule is C[C@H]1CNCCCN1c1cc(Cl)nc(C(N)=C2CCCCCCCCOCC2=O)n1. The van der Waals surface area contributed by atoms with Gasteiger partial charge in [0.25, 0.3) is 0 Å². The normalized spacial score (nSPS) is 24.5. The molecule has 0 radical (unpaired) electrons. The largest absolute Gasteiger partial charge is 0.395 e. The van der Waals surface area contributed by atoms with Gasteiger partial charge in [-0.3, -0.25) is 4.79 Å². The third-order valence-electron chi connectivity index (χ3n) is 5.80. The second kappa shape index (κ2) is 11.6. The molecule has 0 bridgehead atoms. The fourth-order valence-electron chi connectivity index (χ4n) is 4.05. The van der Waals surface area contributed by atoms with Crippen molar-refractivity contribution in [1.29, 1.82) is 0 Å². The lowest BCUT2D eigenvalue weighted by Crippen LogP contribution is -2.38. The van der Waals surface area contributed by atoms with Crippen LogP contribution in [0.5, 0.6) is 0 Å². The van der Waals surface area contributed by atoms with E-state index in [2.05, 4.69) is 22.1 Å². The summed E-state index contributed by atoms with van der Waals surface area (Å²) in [7, 11) is 0. The highest BCUT2D eigenvalue weighted by Crippen LogP contribution is 2.24. The van der Waals surface area contributed by atoms with Gasteiger partial charge in [0.2, 0.25) is 0 Å². The summed E-state index contributed by atoms with van der Waals surface area (Å²) in [4.78, 5) is 24.1. The van der Waals surface area contributed by atoms with Crippen LogP contribution in [0.15, 0.2) is 11.6 Å². The maximum absolute atomic E-state index is 12.8. The van der Waals surface area contributed by atoms with Crippen molar-refractivity contribution in [1.82, 2.24) is 15.3 Å². The average Bonchev–Trinajstić information content (AvgIpc) is 2.94. The van der Waals surface area contributed by atoms with E-state index < -0.39 is 0 Å². The number of aromatic nitrogens is 2. The molecule has 0 aliphatic carbocycles. The summed E-state index contributed by atoms with van der Waals surface area (Å²) >= 11 is 6.34. The molecule has 0 saturated carbocycles. The first-order valence-corrected chi connectivity index (χ1v) is 11.6. The van der Waals surface area contributed by atoms with E-state index in [4.69, 9.17) is 27.1 Å². The Morgan fingerprint density at radius 1 is 1.20 bits per heavy atom. The second-order valence-electron chi connectivity index (χ2n) is 8.21. The van der Waals surface area contributed by atoms with Crippen molar-refractivity contribution >= 4 is 28.9 Å². The molecule has 7 nitrogen and oxygen atoms in total. The number of ether oxygens (including phenoxy) is 1. The van der Waals surface area contributed by atoms with Gasteiger partial charge in [0.1, 0.15) is 17.6 Å². The maximum Gasteiger partial charge on any atom is 0.186 e. The number of nitrogens with zero attached hydrogens (tertiary/aromatic N) is 3. The van der Waals surface area contributed by atoms with Crippen LogP contribution in [0, 0.1) is 0 Å². The van der Waals surface area contributed by atoms with Crippen LogP contribution < -0.4 is 16.0 Å². The zero-order valence-electron chi connectivity index (χ0n) is 18.0. The molecule has 0 aromatic carbocycles. The third kappa shape index (κ3) is 6.40. The van der Waals surface area contributed by atoms with Crippen molar-refractivity contribution in [3.05, 3.63) is 22.6 Å². The molecule has 1 aromatic rings. The molecule has 3 heterocycles. The fourth-order valence-corrected chi connectivity index (χ4v) is 4.23. The Kier molecular flexibility index (Phi) is 8.90. The lowest BCUT2D eigenvalue weighted by molar-refractivity contribution is -0.120. The Balaban J connectivity index is 1.89. The zero-order valence-corrected chi connectivity index (χ0v) is 18.7. The van der Waals surface area contributed by atoms with Gasteiger partial charge in [-0.2, -0.15) is 0 Å². The molecule has 3 rings (SSSR count). The molecule has 2 aliphatic heterocycles. The molecule has 3 N–H and O–H groups in total. The van der Waals surface area contributed by atoms with Crippen molar-refractivity contribution in [3.8, 4) is 0 Å². The van der Waals surface area contributed by atoms with Gasteiger partial charge >= 0.3 is 0 Å². The molecule has 0 amide bonds. The third-order valence-corrected chi connectivity index (χ3v) is 5.99. The minimum Gasteiger partial charge on any atom is -0.395 e. The smallest absolute Gasteiger partial charge is 0.186 e. The van der Waals surface area contributed by atoms with E-state index >= 15 is 0 Å². The molecule has 0 unspecified atom stereocenters. The number of rotatable bonds is 2. The predicted molar refractivity (Wildman–Crippen MR) is 121 cm³/mol. The van der Waals surface area contributed by atoms with E-state index in [0.717, 1.165) is 57.6 Å². The summed E-state index contributed by atoms with van der Waals surface area (Å²) in [6.45, 7) is 5.56. The van der Waals surface area contributed by atoms with E-state index in [1.54, 1.807) is 6.07 Å². The van der Waals surface area contributed by atoms with Crippen molar-refractivity contribution in [3.63, 3.8) is 0 Å². The molecular weight excluding hydrogens is 402 g/mol. The average molecular weight is 436 g/mol. The first-order chi connectivity index (χ1) is 14.6. The van der Waals surface area contributed by atoms with Gasteiger partial charge in [0, 0.05) is 37.4 Å². The van der Waals surface area contributed by atoms with Crippen molar-refractivity contribution < 1.29 is 9.53 Å². The lowest BCUT2D eigenvalue weighted by atomic mass is 9.99. The first-order valence-electron chi connectivity index (χ1n) is 11.2. The maximum atomic E-state index is 12.8. The summed E-state index contributed by atoms with van der Waals surface area (Å²) in [5, 5.41) is 3.76. The molecular formula is C22H34ClN5O2. The minimum absolute atomic E-state index is 0.0539. The van der Waals surface area contributed by atoms with Gasteiger partial charge in [-0.1, -0.05) is 37.3 Å². The van der Waals surface area contributed by atoms with Gasteiger partial charge in [0.05, 0.1) is 5.70 Å². The number of ketones is 1. The highest BCUT2D eigenvalue weighted by Gasteiger charge is 2.22. The number of nitrogens with two attached hydrogens (primary N) is 1. The minimum atomic E-state index is -0.0782. The Morgan fingerprint density at radius 2 is 1.97 bits per heavy atom. The Morgan fingerprint density at radius 3 is 2.80 bits per heavy atom. The van der Waals surface area contributed by atoms with Crippen molar-refractivity contribution in [2.75, 3.05) is 37.7 Å². The van der Waals surface area contributed by atoms with Gasteiger partial charge in [0.15, 0.2) is 11.6 Å². The van der Waals surface area contributed by atoms with Crippen LogP contribution in [0.4, 0.5) is 5.82 Å². The number of carbonyl (C=O) groups is 1. The zero-order chi connectivity index (χ0) is 21.3. The Labute approximate surface area is 184 Å². The van der Waals surface area contributed by atoms with E-state index in [9.17, 15) is 4.79 Å². The van der Waals surface area contributed by atoms with Crippen LogP contribution >= 0.6 is 11.6 Å². The highest BCUT2D eigenvalue weighted by atomic mass is 35.5. The predicted octanol–water partition coefficient (Wildman–Crippen LogP) is 3.32. The van der Waals surface area contributed by atoms with E-state index in [1.165, 1.54) is 12.8 Å². The van der Waals surface area contributed by atoms with Gasteiger partial charge in [-0.05, 0) is 39.2 Å². The summed E-state index contributed by atoms with van der Waals surface area (Å²) in [5.74, 6) is 1.00. The van der Waals surface area contributed by atoms with Crippen LogP contribution in [0.2, 0.25) is 5.15 Å². The fraction of sp³-hybridized carbons (Fsp3) is 0.682. The molecule has 8 heteroatoms. The molecule has 2 aliphatic rings. The van der Waals surface area contributed by atoms with Crippen molar-refractivity contribution in [2.24, 2.45) is 5.73 Å². The highest BCUT2D eigenvalue weighted by molar-refractivity contribution is 6.29. The van der Waals surface area contributed by atoms with Gasteiger partial charge in [-0.25, -0.2) is 9.97 Å².